The molecule has 34 heavy (non-hydrogen) atoms. The lowest BCUT2D eigenvalue weighted by atomic mass is 9.86. The number of carboxylic acids is 1. The summed E-state index contributed by atoms with van der Waals surface area (Å²) in [5.41, 5.74) is 0.527. The third kappa shape index (κ3) is 8.65. The summed E-state index contributed by atoms with van der Waals surface area (Å²) in [4.78, 5) is 34.7. The number of unbranched alkanes of at least 4 members (excludes halogenated alkanes) is 1. The molecule has 2 saturated heterocycles. The van der Waals surface area contributed by atoms with Crippen LogP contribution in [0, 0.1) is 11.8 Å². The van der Waals surface area contributed by atoms with Gasteiger partial charge in [0.05, 0.1) is 38.4 Å². The lowest BCUT2D eigenvalue weighted by Gasteiger charge is -2.39. The average molecular weight is 487 g/mol. The van der Waals surface area contributed by atoms with E-state index in [2.05, 4.69) is 4.74 Å². The number of aliphatic hydroxyl groups excluding tert-OH is 2. The van der Waals surface area contributed by atoms with Crippen molar-refractivity contribution in [2.45, 2.75) is 95.9 Å². The number of carboxylic acid groups (broad SMARTS) is 1. The number of methoxy groups -OCH3 is 1. The molecule has 0 unspecified atom stereocenters. The zero-order chi connectivity index (χ0) is 25.4. The maximum Gasteiger partial charge on any atom is 0.307 e. The Morgan fingerprint density at radius 2 is 1.79 bits per heavy atom. The van der Waals surface area contributed by atoms with Crippen LogP contribution in [0.5, 0.6) is 0 Å². The van der Waals surface area contributed by atoms with Crippen molar-refractivity contribution < 1.29 is 48.7 Å². The van der Waals surface area contributed by atoms with Crippen LogP contribution >= 0.6 is 0 Å². The number of carbonyl (C=O) groups is 3. The van der Waals surface area contributed by atoms with Crippen LogP contribution in [0.15, 0.2) is 11.6 Å². The first-order chi connectivity index (χ1) is 16.0. The molecule has 0 bridgehead atoms. The molecule has 2 aliphatic heterocycles. The summed E-state index contributed by atoms with van der Waals surface area (Å²) in [7, 11) is 1.31. The number of esters is 2. The molecule has 0 spiro atoms. The molecule has 10 heteroatoms. The van der Waals surface area contributed by atoms with Gasteiger partial charge in [0.15, 0.2) is 0 Å². The fourth-order valence-corrected chi connectivity index (χ4v) is 4.22. The molecule has 2 aliphatic rings. The molecule has 8 atom stereocenters. The van der Waals surface area contributed by atoms with E-state index >= 15 is 0 Å². The van der Waals surface area contributed by atoms with Gasteiger partial charge in [0, 0.05) is 24.7 Å². The number of hydrogen-bond donors (Lipinski definition) is 3. The lowest BCUT2D eigenvalue weighted by molar-refractivity contribution is -0.187. The maximum absolute atomic E-state index is 12.5. The second kappa shape index (κ2) is 13.2. The molecule has 0 aliphatic carbocycles. The van der Waals surface area contributed by atoms with Crippen molar-refractivity contribution in [2.75, 3.05) is 13.7 Å². The third-order valence-corrected chi connectivity index (χ3v) is 6.46. The van der Waals surface area contributed by atoms with Crippen LogP contribution in [0.2, 0.25) is 0 Å². The van der Waals surface area contributed by atoms with E-state index in [1.807, 2.05) is 6.92 Å². The molecule has 2 heterocycles. The molecule has 0 amide bonds. The normalized spacial score (nSPS) is 30.8. The summed E-state index contributed by atoms with van der Waals surface area (Å²) in [6.45, 7) is 5.45. The van der Waals surface area contributed by atoms with Gasteiger partial charge in [-0.1, -0.05) is 18.6 Å². The number of aliphatic hydroxyl groups is 2. The number of rotatable bonds is 13. The van der Waals surface area contributed by atoms with E-state index in [9.17, 15) is 24.6 Å². The Bertz CT molecular complexity index is 733. The van der Waals surface area contributed by atoms with Crippen LogP contribution in [-0.2, 0) is 33.3 Å². The molecule has 0 saturated carbocycles. The third-order valence-electron chi connectivity index (χ3n) is 6.46. The molecule has 0 aromatic heterocycles. The minimum absolute atomic E-state index is 0.0513. The number of hydrogen-bond acceptors (Lipinski definition) is 9. The van der Waals surface area contributed by atoms with E-state index < -0.39 is 36.4 Å². The second-order valence-electron chi connectivity index (χ2n) is 9.34. The minimum atomic E-state index is -1.17. The van der Waals surface area contributed by atoms with Gasteiger partial charge in [-0.2, -0.15) is 0 Å². The number of ether oxygens (including phenoxy) is 4. The fourth-order valence-electron chi connectivity index (χ4n) is 4.22. The first kappa shape index (κ1) is 28.2. The highest BCUT2D eigenvalue weighted by molar-refractivity contribution is 5.71. The van der Waals surface area contributed by atoms with Gasteiger partial charge in [-0.25, -0.2) is 0 Å². The summed E-state index contributed by atoms with van der Waals surface area (Å²) in [5.74, 6) is -2.20. The van der Waals surface area contributed by atoms with Crippen molar-refractivity contribution in [2.24, 2.45) is 11.8 Å². The smallest absolute Gasteiger partial charge is 0.307 e. The van der Waals surface area contributed by atoms with Crippen molar-refractivity contribution in [3.8, 4) is 0 Å². The number of carbonyl (C=O) groups excluding carboxylic acids is 2. The van der Waals surface area contributed by atoms with Crippen LogP contribution in [0.25, 0.3) is 0 Å². The molecular formula is C24H38O10. The van der Waals surface area contributed by atoms with Gasteiger partial charge >= 0.3 is 17.9 Å². The van der Waals surface area contributed by atoms with Gasteiger partial charge in [-0.3, -0.25) is 14.4 Å². The maximum atomic E-state index is 12.5. The standard InChI is InChI=1S/C24H38O10/c1-13(10-19(26)27)9-17-22(30)24(34-21(29)8-6-5-7-20(28)31-4)16(12-32-17)11-18-23(33-18)14(2)15(3)25/h9,14-18,22-25,30H,5-8,10-12H2,1-4H3,(H,26,27)/t14-,15-,16-,17-,18-,22+,23-,24+/m0/s1. The number of epoxide rings is 1. The molecule has 0 aromatic carbocycles. The lowest BCUT2D eigenvalue weighted by Crippen LogP contribution is -2.52. The van der Waals surface area contributed by atoms with Crippen molar-refractivity contribution in [3.05, 3.63) is 11.6 Å². The second-order valence-corrected chi connectivity index (χ2v) is 9.34. The molecule has 3 N–H and O–H groups in total. The van der Waals surface area contributed by atoms with Gasteiger partial charge in [-0.15, -0.1) is 0 Å². The first-order valence-electron chi connectivity index (χ1n) is 11.8. The molecule has 0 aromatic rings. The van der Waals surface area contributed by atoms with Gasteiger partial charge in [-0.05, 0) is 33.1 Å². The monoisotopic (exact) mass is 486 g/mol. The quantitative estimate of drug-likeness (QED) is 0.151. The Hall–Kier alpha value is -2.01. The van der Waals surface area contributed by atoms with Crippen molar-refractivity contribution in [1.29, 1.82) is 0 Å². The predicted octanol–water partition coefficient (Wildman–Crippen LogP) is 1.60. The fraction of sp³-hybridized carbons (Fsp3) is 0.792. The summed E-state index contributed by atoms with van der Waals surface area (Å²) < 4.78 is 21.8. The minimum Gasteiger partial charge on any atom is -0.481 e. The highest BCUT2D eigenvalue weighted by atomic mass is 16.6. The Labute approximate surface area is 200 Å². The highest BCUT2D eigenvalue weighted by Gasteiger charge is 2.49. The van der Waals surface area contributed by atoms with Crippen molar-refractivity contribution >= 4 is 17.9 Å². The van der Waals surface area contributed by atoms with Crippen LogP contribution in [0.3, 0.4) is 0 Å². The summed E-state index contributed by atoms with van der Waals surface area (Å²) in [6.07, 6.45) is -0.507. The summed E-state index contributed by atoms with van der Waals surface area (Å²) in [5, 5.41) is 29.8. The average Bonchev–Trinajstić information content (AvgIpc) is 3.53. The topological polar surface area (TPSA) is 152 Å². The van der Waals surface area contributed by atoms with E-state index in [1.165, 1.54) is 7.11 Å². The molecule has 0 radical (unpaired) electrons. The first-order valence-corrected chi connectivity index (χ1v) is 11.8. The molecule has 2 rings (SSSR count). The SMILES string of the molecule is COC(=O)CCCCC(=O)O[C@@H]1[C@@H](C[C@@H]2O[C@H]2[C@@H](C)[C@H](C)O)CO[C@@H](C=C(C)CC(=O)O)[C@H]1O. The molecule has 2 fully saturated rings. The van der Waals surface area contributed by atoms with Gasteiger partial charge in [0.25, 0.3) is 0 Å². The van der Waals surface area contributed by atoms with Crippen LogP contribution in [0.1, 0.15) is 59.3 Å². The van der Waals surface area contributed by atoms with Crippen LogP contribution in [-0.4, -0.2) is 83.6 Å². The summed E-state index contributed by atoms with van der Waals surface area (Å²) in [6, 6.07) is 0. The van der Waals surface area contributed by atoms with E-state index in [1.54, 1.807) is 19.9 Å². The predicted molar refractivity (Wildman–Crippen MR) is 120 cm³/mol. The van der Waals surface area contributed by atoms with E-state index in [4.69, 9.17) is 19.3 Å². The van der Waals surface area contributed by atoms with E-state index in [0.717, 1.165) is 0 Å². The Morgan fingerprint density at radius 3 is 2.38 bits per heavy atom. The Balaban J connectivity index is 2.02. The number of aliphatic carboxylic acids is 1. The van der Waals surface area contributed by atoms with Crippen LogP contribution < -0.4 is 0 Å². The van der Waals surface area contributed by atoms with Gasteiger partial charge in [0.2, 0.25) is 0 Å². The Morgan fingerprint density at radius 1 is 1.15 bits per heavy atom. The summed E-state index contributed by atoms with van der Waals surface area (Å²) >= 11 is 0. The van der Waals surface area contributed by atoms with Gasteiger partial charge in [0.1, 0.15) is 18.3 Å². The Kier molecular flexibility index (Phi) is 10.9. The molecule has 10 nitrogen and oxygen atoms in total. The van der Waals surface area contributed by atoms with Crippen LogP contribution in [0.4, 0.5) is 0 Å². The molecule has 194 valence electrons. The molecular weight excluding hydrogens is 448 g/mol. The van der Waals surface area contributed by atoms with E-state index in [0.29, 0.717) is 24.8 Å². The van der Waals surface area contributed by atoms with Crippen molar-refractivity contribution in [3.63, 3.8) is 0 Å². The van der Waals surface area contributed by atoms with Gasteiger partial charge < -0.3 is 34.3 Å². The van der Waals surface area contributed by atoms with E-state index in [-0.39, 0.29) is 55.9 Å². The van der Waals surface area contributed by atoms with Crippen molar-refractivity contribution in [1.82, 2.24) is 0 Å². The highest BCUT2D eigenvalue weighted by Crippen LogP contribution is 2.39. The zero-order valence-electron chi connectivity index (χ0n) is 20.3. The zero-order valence-corrected chi connectivity index (χ0v) is 20.3. The largest absolute Gasteiger partial charge is 0.481 e.